The summed E-state index contributed by atoms with van der Waals surface area (Å²) in [5, 5.41) is 2.75. The van der Waals surface area contributed by atoms with Crippen LogP contribution in [0.25, 0.3) is 0 Å². The lowest BCUT2D eigenvalue weighted by Crippen LogP contribution is -2.41. The number of pyridine rings is 1. The number of aromatic nitrogens is 1. The third-order valence-corrected chi connectivity index (χ3v) is 4.26. The van der Waals surface area contributed by atoms with Gasteiger partial charge in [-0.05, 0) is 36.4 Å². The Labute approximate surface area is 177 Å². The molecule has 0 unspecified atom stereocenters. The molecule has 0 aliphatic heterocycles. The Morgan fingerprint density at radius 3 is 2.37 bits per heavy atom. The second-order valence-electron chi connectivity index (χ2n) is 5.97. The summed E-state index contributed by atoms with van der Waals surface area (Å²) >= 11 is 5.97. The van der Waals surface area contributed by atoms with Gasteiger partial charge in [0.05, 0.1) is 10.6 Å². The SMILES string of the molecule is CNC(=O)c1cc(Oc2cccc(C(=O)NNC(=O)c3ccccc3Cl)c2)ccn1. The molecule has 0 saturated carbocycles. The molecule has 0 radical (unpaired) electrons. The van der Waals surface area contributed by atoms with Crippen molar-refractivity contribution in [1.82, 2.24) is 21.2 Å². The lowest BCUT2D eigenvalue weighted by molar-refractivity contribution is 0.0846. The van der Waals surface area contributed by atoms with Crippen LogP contribution in [-0.4, -0.2) is 29.8 Å². The molecule has 0 spiro atoms. The fourth-order valence-corrected chi connectivity index (χ4v) is 2.68. The van der Waals surface area contributed by atoms with Crippen LogP contribution in [0.15, 0.2) is 66.9 Å². The fraction of sp³-hybridized carbons (Fsp3) is 0.0476. The standard InChI is InChI=1S/C21H17ClN4O4/c1-23-21(29)18-12-15(9-10-24-18)30-14-6-4-5-13(11-14)19(27)25-26-20(28)16-7-2-3-8-17(16)22/h2-12H,1H3,(H,23,29)(H,25,27)(H,26,28). The number of nitrogens with zero attached hydrogens (tertiary/aromatic N) is 1. The fourth-order valence-electron chi connectivity index (χ4n) is 2.46. The smallest absolute Gasteiger partial charge is 0.271 e. The number of nitrogens with one attached hydrogen (secondary N) is 3. The van der Waals surface area contributed by atoms with Gasteiger partial charge < -0.3 is 10.1 Å². The number of ether oxygens (including phenoxy) is 1. The lowest BCUT2D eigenvalue weighted by Gasteiger charge is -2.10. The van der Waals surface area contributed by atoms with E-state index in [2.05, 4.69) is 21.2 Å². The zero-order valence-electron chi connectivity index (χ0n) is 15.8. The Hall–Kier alpha value is -3.91. The van der Waals surface area contributed by atoms with Crippen LogP contribution in [0.1, 0.15) is 31.2 Å². The summed E-state index contributed by atoms with van der Waals surface area (Å²) in [6.07, 6.45) is 1.45. The van der Waals surface area contributed by atoms with Crippen LogP contribution in [0.5, 0.6) is 11.5 Å². The third-order valence-electron chi connectivity index (χ3n) is 3.93. The van der Waals surface area contributed by atoms with Crippen LogP contribution < -0.4 is 20.9 Å². The molecule has 1 aromatic heterocycles. The Morgan fingerprint density at radius 1 is 0.867 bits per heavy atom. The summed E-state index contributed by atoms with van der Waals surface area (Å²) in [6.45, 7) is 0. The first kappa shape index (κ1) is 20.8. The van der Waals surface area contributed by atoms with E-state index < -0.39 is 11.8 Å². The van der Waals surface area contributed by atoms with E-state index in [0.29, 0.717) is 11.5 Å². The van der Waals surface area contributed by atoms with E-state index in [9.17, 15) is 14.4 Å². The Balaban J connectivity index is 1.66. The average Bonchev–Trinajstić information content (AvgIpc) is 2.77. The zero-order valence-corrected chi connectivity index (χ0v) is 16.6. The van der Waals surface area contributed by atoms with Gasteiger partial charge in [0, 0.05) is 24.9 Å². The highest BCUT2D eigenvalue weighted by molar-refractivity contribution is 6.33. The van der Waals surface area contributed by atoms with E-state index in [1.165, 1.54) is 25.4 Å². The topological polar surface area (TPSA) is 109 Å². The molecule has 0 atom stereocenters. The van der Waals surface area contributed by atoms with Gasteiger partial charge in [-0.3, -0.25) is 30.2 Å². The van der Waals surface area contributed by atoms with Crippen molar-refractivity contribution in [1.29, 1.82) is 0 Å². The highest BCUT2D eigenvalue weighted by Crippen LogP contribution is 2.22. The van der Waals surface area contributed by atoms with Crippen molar-refractivity contribution in [2.45, 2.75) is 0 Å². The largest absolute Gasteiger partial charge is 0.457 e. The molecular formula is C21H17ClN4O4. The summed E-state index contributed by atoms with van der Waals surface area (Å²) in [6, 6.07) is 15.9. The Morgan fingerprint density at radius 2 is 1.60 bits per heavy atom. The first-order valence-electron chi connectivity index (χ1n) is 8.79. The van der Waals surface area contributed by atoms with Crippen molar-refractivity contribution < 1.29 is 19.1 Å². The van der Waals surface area contributed by atoms with E-state index in [1.807, 2.05) is 0 Å². The molecule has 0 aliphatic rings. The molecule has 3 rings (SSSR count). The van der Waals surface area contributed by atoms with Gasteiger partial charge >= 0.3 is 0 Å². The van der Waals surface area contributed by atoms with Crippen molar-refractivity contribution in [3.8, 4) is 11.5 Å². The van der Waals surface area contributed by atoms with Gasteiger partial charge in [-0.25, -0.2) is 0 Å². The van der Waals surface area contributed by atoms with Crippen LogP contribution in [0.2, 0.25) is 5.02 Å². The second kappa shape index (κ2) is 9.53. The number of benzene rings is 2. The van der Waals surface area contributed by atoms with E-state index in [4.69, 9.17) is 16.3 Å². The van der Waals surface area contributed by atoms with Crippen LogP contribution in [0.3, 0.4) is 0 Å². The normalized spacial score (nSPS) is 10.1. The summed E-state index contributed by atoms with van der Waals surface area (Å²) in [5.74, 6) is -0.674. The van der Waals surface area contributed by atoms with Crippen LogP contribution in [0, 0.1) is 0 Å². The molecule has 3 amide bonds. The van der Waals surface area contributed by atoms with Crippen molar-refractivity contribution in [3.63, 3.8) is 0 Å². The average molecular weight is 425 g/mol. The second-order valence-corrected chi connectivity index (χ2v) is 6.38. The van der Waals surface area contributed by atoms with Crippen molar-refractivity contribution in [2.24, 2.45) is 0 Å². The van der Waals surface area contributed by atoms with Gasteiger partial charge in [0.2, 0.25) is 0 Å². The maximum atomic E-state index is 12.4. The number of hydrogen-bond donors (Lipinski definition) is 3. The molecule has 0 fully saturated rings. The van der Waals surface area contributed by atoms with Gasteiger partial charge in [0.15, 0.2) is 0 Å². The predicted octanol–water partition coefficient (Wildman–Crippen LogP) is 2.96. The molecule has 8 nitrogen and oxygen atoms in total. The molecule has 1 heterocycles. The minimum atomic E-state index is -0.542. The molecule has 3 aromatic rings. The Bertz CT molecular complexity index is 1100. The number of hydrogen-bond acceptors (Lipinski definition) is 5. The minimum absolute atomic E-state index is 0.200. The molecule has 0 saturated heterocycles. The first-order valence-corrected chi connectivity index (χ1v) is 9.17. The van der Waals surface area contributed by atoms with Crippen molar-refractivity contribution in [3.05, 3.63) is 88.7 Å². The lowest BCUT2D eigenvalue weighted by atomic mass is 10.2. The van der Waals surface area contributed by atoms with Crippen LogP contribution in [0.4, 0.5) is 0 Å². The van der Waals surface area contributed by atoms with Crippen LogP contribution >= 0.6 is 11.6 Å². The summed E-state index contributed by atoms with van der Waals surface area (Å²) in [7, 11) is 1.50. The molecule has 152 valence electrons. The molecule has 0 bridgehead atoms. The number of carbonyl (C=O) groups excluding carboxylic acids is 3. The molecule has 2 aromatic carbocycles. The molecular weight excluding hydrogens is 408 g/mol. The molecule has 3 N–H and O–H groups in total. The van der Waals surface area contributed by atoms with Crippen molar-refractivity contribution in [2.75, 3.05) is 7.05 Å². The summed E-state index contributed by atoms with van der Waals surface area (Å²) < 4.78 is 5.71. The monoisotopic (exact) mass is 424 g/mol. The number of halogens is 1. The van der Waals surface area contributed by atoms with Gasteiger partial charge in [0.25, 0.3) is 17.7 Å². The maximum absolute atomic E-state index is 12.4. The highest BCUT2D eigenvalue weighted by atomic mass is 35.5. The quantitative estimate of drug-likeness (QED) is 0.545. The predicted molar refractivity (Wildman–Crippen MR) is 111 cm³/mol. The molecule has 9 heteroatoms. The van der Waals surface area contributed by atoms with Crippen molar-refractivity contribution >= 4 is 29.3 Å². The number of hydrazine groups is 1. The number of rotatable bonds is 5. The highest BCUT2D eigenvalue weighted by Gasteiger charge is 2.13. The van der Waals surface area contributed by atoms with Gasteiger partial charge in [-0.2, -0.15) is 0 Å². The van der Waals surface area contributed by atoms with E-state index in [1.54, 1.807) is 48.5 Å². The van der Waals surface area contributed by atoms with Crippen LogP contribution in [-0.2, 0) is 0 Å². The van der Waals surface area contributed by atoms with Gasteiger partial charge in [-0.15, -0.1) is 0 Å². The third kappa shape index (κ3) is 5.12. The Kier molecular flexibility index (Phi) is 6.61. The van der Waals surface area contributed by atoms with E-state index in [-0.39, 0.29) is 27.8 Å². The summed E-state index contributed by atoms with van der Waals surface area (Å²) in [4.78, 5) is 40.2. The summed E-state index contributed by atoms with van der Waals surface area (Å²) in [5.41, 5.74) is 5.34. The first-order chi connectivity index (χ1) is 14.5. The molecule has 30 heavy (non-hydrogen) atoms. The van der Waals surface area contributed by atoms with E-state index >= 15 is 0 Å². The number of carbonyl (C=O) groups is 3. The van der Waals surface area contributed by atoms with Gasteiger partial charge in [0.1, 0.15) is 17.2 Å². The maximum Gasteiger partial charge on any atom is 0.271 e. The molecule has 0 aliphatic carbocycles. The zero-order chi connectivity index (χ0) is 21.5. The van der Waals surface area contributed by atoms with Gasteiger partial charge in [-0.1, -0.05) is 29.8 Å². The number of amides is 3. The van der Waals surface area contributed by atoms with E-state index in [0.717, 1.165) is 0 Å². The minimum Gasteiger partial charge on any atom is -0.457 e.